The van der Waals surface area contributed by atoms with Gasteiger partial charge >= 0.3 is 5.51 Å². The fourth-order valence-electron chi connectivity index (χ4n) is 1.66. The first-order valence-electron chi connectivity index (χ1n) is 6.31. The number of unbranched alkanes of at least 4 members (excludes halogenated alkanes) is 1. The van der Waals surface area contributed by atoms with Gasteiger partial charge in [0.2, 0.25) is 0 Å². The van der Waals surface area contributed by atoms with Crippen molar-refractivity contribution in [2.24, 2.45) is 5.92 Å². The molecule has 0 heterocycles. The van der Waals surface area contributed by atoms with Gasteiger partial charge in [0.25, 0.3) is 0 Å². The summed E-state index contributed by atoms with van der Waals surface area (Å²) in [6.45, 7) is 7.40. The van der Waals surface area contributed by atoms with Crippen LogP contribution in [0.1, 0.15) is 46.5 Å². The molecule has 0 aliphatic rings. The molecule has 5 heteroatoms. The van der Waals surface area contributed by atoms with Gasteiger partial charge in [-0.3, -0.25) is 0 Å². The summed E-state index contributed by atoms with van der Waals surface area (Å²) < 4.78 is 35.7. The van der Waals surface area contributed by atoms with Crippen molar-refractivity contribution < 1.29 is 13.2 Å². The van der Waals surface area contributed by atoms with Gasteiger partial charge in [-0.1, -0.05) is 39.0 Å². The van der Waals surface area contributed by atoms with Crippen molar-refractivity contribution in [1.29, 1.82) is 0 Å². The standard InChI is InChI=1S/C12H24F3NS/c1-4-8-16-11(10(2)3)7-5-6-9-17-12(13,14)15/h10-11,16H,4-9H2,1-3H3. The lowest BCUT2D eigenvalue weighted by atomic mass is 9.98. The van der Waals surface area contributed by atoms with Crippen molar-refractivity contribution >= 4 is 11.8 Å². The van der Waals surface area contributed by atoms with Gasteiger partial charge in [-0.15, -0.1) is 0 Å². The normalized spacial score (nSPS) is 14.3. The average Bonchev–Trinajstić information content (AvgIpc) is 2.20. The SMILES string of the molecule is CCCNC(CCCCSC(F)(F)F)C(C)C. The maximum atomic E-state index is 11.9. The Bertz CT molecular complexity index is 183. The van der Waals surface area contributed by atoms with E-state index in [1.807, 2.05) is 0 Å². The Morgan fingerprint density at radius 3 is 2.29 bits per heavy atom. The molecule has 0 aromatic rings. The van der Waals surface area contributed by atoms with E-state index in [9.17, 15) is 13.2 Å². The molecule has 0 spiro atoms. The Labute approximate surface area is 107 Å². The molecule has 0 aliphatic carbocycles. The van der Waals surface area contributed by atoms with E-state index in [0.717, 1.165) is 25.8 Å². The van der Waals surface area contributed by atoms with Gasteiger partial charge in [0.15, 0.2) is 0 Å². The largest absolute Gasteiger partial charge is 0.441 e. The van der Waals surface area contributed by atoms with Crippen molar-refractivity contribution in [3.8, 4) is 0 Å². The van der Waals surface area contributed by atoms with Gasteiger partial charge < -0.3 is 5.32 Å². The van der Waals surface area contributed by atoms with E-state index in [1.54, 1.807) is 0 Å². The summed E-state index contributed by atoms with van der Waals surface area (Å²) in [5.74, 6) is 0.721. The Balaban J connectivity index is 3.61. The quantitative estimate of drug-likeness (QED) is 0.622. The first kappa shape index (κ1) is 17.1. The molecule has 17 heavy (non-hydrogen) atoms. The molecule has 1 unspecified atom stereocenters. The number of hydrogen-bond acceptors (Lipinski definition) is 2. The van der Waals surface area contributed by atoms with Gasteiger partial charge in [-0.25, -0.2) is 0 Å². The highest BCUT2D eigenvalue weighted by Gasteiger charge is 2.27. The third-order valence-electron chi connectivity index (χ3n) is 2.64. The molecular weight excluding hydrogens is 247 g/mol. The number of nitrogens with one attached hydrogen (secondary N) is 1. The highest BCUT2D eigenvalue weighted by atomic mass is 32.2. The van der Waals surface area contributed by atoms with Gasteiger partial charge in [0.05, 0.1) is 0 Å². The maximum Gasteiger partial charge on any atom is 0.441 e. The van der Waals surface area contributed by atoms with E-state index in [-0.39, 0.29) is 17.5 Å². The molecule has 104 valence electrons. The number of hydrogen-bond donors (Lipinski definition) is 1. The van der Waals surface area contributed by atoms with E-state index in [2.05, 4.69) is 26.1 Å². The molecule has 0 aromatic heterocycles. The summed E-state index contributed by atoms with van der Waals surface area (Å²) >= 11 is 0.0911. The summed E-state index contributed by atoms with van der Waals surface area (Å²) in [5, 5.41) is 3.45. The second-order valence-corrected chi connectivity index (χ2v) is 5.75. The number of halogens is 3. The molecule has 0 saturated carbocycles. The summed E-state index contributed by atoms with van der Waals surface area (Å²) in [6.07, 6.45) is 3.56. The van der Waals surface area contributed by atoms with E-state index >= 15 is 0 Å². The minimum absolute atomic E-state index is 0.0911. The second kappa shape index (κ2) is 9.09. The topological polar surface area (TPSA) is 12.0 Å². The second-order valence-electron chi connectivity index (χ2n) is 4.59. The monoisotopic (exact) mass is 271 g/mol. The van der Waals surface area contributed by atoms with E-state index in [0.29, 0.717) is 18.4 Å². The Morgan fingerprint density at radius 1 is 1.18 bits per heavy atom. The first-order valence-corrected chi connectivity index (χ1v) is 7.29. The van der Waals surface area contributed by atoms with Crippen molar-refractivity contribution in [2.75, 3.05) is 12.3 Å². The van der Waals surface area contributed by atoms with Crippen LogP contribution in [-0.4, -0.2) is 23.8 Å². The van der Waals surface area contributed by atoms with Crippen LogP contribution >= 0.6 is 11.8 Å². The molecule has 0 aliphatic heterocycles. The molecule has 0 saturated heterocycles. The van der Waals surface area contributed by atoms with Crippen molar-refractivity contribution in [1.82, 2.24) is 5.32 Å². The van der Waals surface area contributed by atoms with Gasteiger partial charge in [0, 0.05) is 11.8 Å². The van der Waals surface area contributed by atoms with Crippen LogP contribution in [0.5, 0.6) is 0 Å². The summed E-state index contributed by atoms with van der Waals surface area (Å²) in [5.41, 5.74) is -4.07. The highest BCUT2D eigenvalue weighted by molar-refractivity contribution is 8.00. The van der Waals surface area contributed by atoms with Crippen LogP contribution in [0.4, 0.5) is 13.2 Å². The Hall–Kier alpha value is 0.100. The average molecular weight is 271 g/mol. The van der Waals surface area contributed by atoms with Crippen LogP contribution in [0.25, 0.3) is 0 Å². The zero-order chi connectivity index (χ0) is 13.3. The number of rotatable bonds is 9. The Morgan fingerprint density at radius 2 is 1.82 bits per heavy atom. The molecule has 1 N–H and O–H groups in total. The van der Waals surface area contributed by atoms with Gasteiger partial charge in [-0.2, -0.15) is 13.2 Å². The van der Waals surface area contributed by atoms with Crippen molar-refractivity contribution in [2.45, 2.75) is 58.0 Å². The molecular formula is C12H24F3NS. The lowest BCUT2D eigenvalue weighted by Gasteiger charge is -2.22. The number of alkyl halides is 3. The van der Waals surface area contributed by atoms with Crippen LogP contribution in [0, 0.1) is 5.92 Å². The lowest BCUT2D eigenvalue weighted by Crippen LogP contribution is -2.34. The molecule has 0 aromatic carbocycles. The van der Waals surface area contributed by atoms with Crippen LogP contribution < -0.4 is 5.32 Å². The fourth-order valence-corrected chi connectivity index (χ4v) is 2.23. The van der Waals surface area contributed by atoms with Crippen LogP contribution in [0.15, 0.2) is 0 Å². The summed E-state index contributed by atoms with van der Waals surface area (Å²) in [7, 11) is 0. The molecule has 0 radical (unpaired) electrons. The molecule has 0 amide bonds. The summed E-state index contributed by atoms with van der Waals surface area (Å²) in [6, 6.07) is 0.436. The van der Waals surface area contributed by atoms with Crippen LogP contribution in [0.3, 0.4) is 0 Å². The third kappa shape index (κ3) is 10.9. The minimum atomic E-state index is -4.07. The van der Waals surface area contributed by atoms with E-state index in [4.69, 9.17) is 0 Å². The van der Waals surface area contributed by atoms with Crippen LogP contribution in [-0.2, 0) is 0 Å². The van der Waals surface area contributed by atoms with Crippen LogP contribution in [0.2, 0.25) is 0 Å². The predicted molar refractivity (Wildman–Crippen MR) is 69.3 cm³/mol. The number of thioether (sulfide) groups is 1. The summed E-state index contributed by atoms with van der Waals surface area (Å²) in [4.78, 5) is 0. The van der Waals surface area contributed by atoms with Crippen molar-refractivity contribution in [3.63, 3.8) is 0 Å². The zero-order valence-corrected chi connectivity index (χ0v) is 11.8. The molecule has 0 fully saturated rings. The van der Waals surface area contributed by atoms with E-state index in [1.165, 1.54) is 0 Å². The lowest BCUT2D eigenvalue weighted by molar-refractivity contribution is -0.0328. The Kier molecular flexibility index (Phi) is 9.14. The molecule has 1 atom stereocenters. The first-order chi connectivity index (χ1) is 7.87. The molecule has 0 bridgehead atoms. The maximum absolute atomic E-state index is 11.9. The molecule has 0 rings (SSSR count). The van der Waals surface area contributed by atoms with Gasteiger partial charge in [-0.05, 0) is 31.7 Å². The van der Waals surface area contributed by atoms with Gasteiger partial charge in [0.1, 0.15) is 0 Å². The highest BCUT2D eigenvalue weighted by Crippen LogP contribution is 2.30. The van der Waals surface area contributed by atoms with E-state index < -0.39 is 5.51 Å². The van der Waals surface area contributed by atoms with Crippen molar-refractivity contribution in [3.05, 3.63) is 0 Å². The zero-order valence-electron chi connectivity index (χ0n) is 10.9. The third-order valence-corrected chi connectivity index (χ3v) is 3.46. The predicted octanol–water partition coefficient (Wildman–Crippen LogP) is 4.43. The smallest absolute Gasteiger partial charge is 0.314 e. The minimum Gasteiger partial charge on any atom is -0.314 e. The molecule has 1 nitrogen and oxygen atoms in total. The fraction of sp³-hybridized carbons (Fsp3) is 1.00.